The van der Waals surface area contributed by atoms with Crippen molar-refractivity contribution < 1.29 is 39.3 Å². The highest BCUT2D eigenvalue weighted by molar-refractivity contribution is 5.95. The lowest BCUT2D eigenvalue weighted by Crippen LogP contribution is -2.57. The molecule has 1 rings (SSSR count). The van der Waals surface area contributed by atoms with E-state index in [-0.39, 0.29) is 38.3 Å². The van der Waals surface area contributed by atoms with Crippen molar-refractivity contribution in [3.8, 4) is 0 Å². The van der Waals surface area contributed by atoms with Crippen LogP contribution >= 0.6 is 0 Å². The van der Waals surface area contributed by atoms with Gasteiger partial charge in [0.25, 0.3) is 0 Å². The van der Waals surface area contributed by atoms with Crippen molar-refractivity contribution in [2.24, 2.45) is 22.2 Å². The number of likely N-dealkylation sites (tertiary alicyclic amines) is 1. The molecule has 1 aliphatic rings. The first-order valence-corrected chi connectivity index (χ1v) is 10.3. The third kappa shape index (κ3) is 8.89. The summed E-state index contributed by atoms with van der Waals surface area (Å²) in [6.45, 7) is -0.526. The number of carboxylic acids is 2. The summed E-state index contributed by atoms with van der Waals surface area (Å²) in [6, 6.07) is -5.08. The molecule has 0 saturated carbocycles. The van der Waals surface area contributed by atoms with E-state index in [0.717, 1.165) is 0 Å². The SMILES string of the molecule is NC(N)=NCCCC(NC(=O)C1CCCN1C(=O)C(N)CC(=O)O)C(=O)NC(CO)C(=O)O. The molecule has 0 radical (unpaired) electrons. The van der Waals surface area contributed by atoms with Crippen LogP contribution in [-0.4, -0.2) is 99.7 Å². The molecule has 0 bridgehead atoms. The number of carbonyl (C=O) groups is 5. The molecule has 0 aromatic heterocycles. The van der Waals surface area contributed by atoms with Crippen molar-refractivity contribution >= 4 is 35.6 Å². The summed E-state index contributed by atoms with van der Waals surface area (Å²) in [5.41, 5.74) is 16.1. The number of aliphatic carboxylic acids is 2. The number of hydrogen-bond acceptors (Lipinski definition) is 8. The topological polar surface area (TPSA) is 264 Å². The fourth-order valence-corrected chi connectivity index (χ4v) is 3.29. The Bertz CT molecular complexity index is 771. The minimum atomic E-state index is -1.58. The first kappa shape index (κ1) is 27.6. The summed E-state index contributed by atoms with van der Waals surface area (Å²) >= 11 is 0. The van der Waals surface area contributed by atoms with Crippen molar-refractivity contribution in [2.75, 3.05) is 19.7 Å². The van der Waals surface area contributed by atoms with Gasteiger partial charge in [-0.25, -0.2) is 4.79 Å². The molecule has 1 fully saturated rings. The van der Waals surface area contributed by atoms with Gasteiger partial charge in [0.2, 0.25) is 17.7 Å². The number of rotatable bonds is 13. The molecule has 4 unspecified atom stereocenters. The fourth-order valence-electron chi connectivity index (χ4n) is 3.29. The Labute approximate surface area is 189 Å². The number of guanidine groups is 1. The summed E-state index contributed by atoms with van der Waals surface area (Å²) in [5, 5.41) is 31.6. The number of aliphatic imine (C=N–C) groups is 1. The van der Waals surface area contributed by atoms with Gasteiger partial charge < -0.3 is 48.1 Å². The smallest absolute Gasteiger partial charge is 0.328 e. The van der Waals surface area contributed by atoms with E-state index in [0.29, 0.717) is 6.42 Å². The standard InChI is InChI=1S/C18H31N7O8/c19-9(7-13(27)28)16(31)25-6-2-4-12(25)15(30)23-10(3-1-5-22-18(20)21)14(29)24-11(8-26)17(32)33/h9-12,26H,1-8,19H2,(H,23,30)(H,24,29)(H,27,28)(H,32,33)(H4,20,21,22). The molecular formula is C18H31N7O8. The Morgan fingerprint density at radius 2 is 1.76 bits per heavy atom. The predicted octanol–water partition coefficient (Wildman–Crippen LogP) is -4.12. The van der Waals surface area contributed by atoms with Crippen LogP contribution in [0, 0.1) is 0 Å². The molecule has 4 atom stereocenters. The quantitative estimate of drug-likeness (QED) is 0.0723. The Morgan fingerprint density at radius 1 is 1.09 bits per heavy atom. The second-order valence-electron chi connectivity index (χ2n) is 7.49. The van der Waals surface area contributed by atoms with E-state index in [2.05, 4.69) is 15.6 Å². The third-order valence-corrected chi connectivity index (χ3v) is 4.93. The van der Waals surface area contributed by atoms with Crippen molar-refractivity contribution in [1.29, 1.82) is 0 Å². The molecule has 33 heavy (non-hydrogen) atoms. The predicted molar refractivity (Wildman–Crippen MR) is 113 cm³/mol. The van der Waals surface area contributed by atoms with E-state index in [4.69, 9.17) is 32.5 Å². The zero-order valence-electron chi connectivity index (χ0n) is 18.0. The van der Waals surface area contributed by atoms with Gasteiger partial charge in [-0.2, -0.15) is 0 Å². The molecule has 186 valence electrons. The molecule has 11 N–H and O–H groups in total. The molecule has 0 aliphatic carbocycles. The van der Waals surface area contributed by atoms with E-state index in [1.807, 2.05) is 0 Å². The Balaban J connectivity index is 2.92. The van der Waals surface area contributed by atoms with Gasteiger partial charge in [0.05, 0.1) is 19.1 Å². The number of amides is 3. The second-order valence-corrected chi connectivity index (χ2v) is 7.49. The summed E-state index contributed by atoms with van der Waals surface area (Å²) in [5.74, 6) is -5.12. The minimum absolute atomic E-state index is 0.0331. The molecule has 1 heterocycles. The maximum Gasteiger partial charge on any atom is 0.328 e. The number of aliphatic hydroxyl groups excluding tert-OH is 1. The first-order chi connectivity index (χ1) is 15.5. The number of carbonyl (C=O) groups excluding carboxylic acids is 3. The molecule has 15 nitrogen and oxygen atoms in total. The van der Waals surface area contributed by atoms with Gasteiger partial charge in [0.1, 0.15) is 18.1 Å². The van der Waals surface area contributed by atoms with Crippen LogP contribution in [0.5, 0.6) is 0 Å². The Kier molecular flexibility index (Phi) is 11.0. The van der Waals surface area contributed by atoms with Crippen molar-refractivity contribution in [3.63, 3.8) is 0 Å². The highest BCUT2D eigenvalue weighted by Crippen LogP contribution is 2.19. The van der Waals surface area contributed by atoms with Crippen LogP contribution in [0.4, 0.5) is 0 Å². The maximum atomic E-state index is 12.9. The van der Waals surface area contributed by atoms with Crippen molar-refractivity contribution in [3.05, 3.63) is 0 Å². The fraction of sp³-hybridized carbons (Fsp3) is 0.667. The van der Waals surface area contributed by atoms with Crippen LogP contribution in [0.15, 0.2) is 4.99 Å². The largest absolute Gasteiger partial charge is 0.481 e. The van der Waals surface area contributed by atoms with E-state index in [9.17, 15) is 24.0 Å². The summed E-state index contributed by atoms with van der Waals surface area (Å²) in [7, 11) is 0. The van der Waals surface area contributed by atoms with Crippen LogP contribution in [-0.2, 0) is 24.0 Å². The van der Waals surface area contributed by atoms with E-state index >= 15 is 0 Å². The van der Waals surface area contributed by atoms with Crippen LogP contribution < -0.4 is 27.8 Å². The Hall–Kier alpha value is -3.46. The van der Waals surface area contributed by atoms with Gasteiger partial charge in [-0.15, -0.1) is 0 Å². The van der Waals surface area contributed by atoms with Crippen LogP contribution in [0.2, 0.25) is 0 Å². The van der Waals surface area contributed by atoms with Crippen molar-refractivity contribution in [2.45, 2.75) is 56.3 Å². The number of nitrogens with zero attached hydrogens (tertiary/aromatic N) is 2. The first-order valence-electron chi connectivity index (χ1n) is 10.3. The molecule has 0 aromatic carbocycles. The van der Waals surface area contributed by atoms with Gasteiger partial charge in [-0.05, 0) is 25.7 Å². The summed E-state index contributed by atoms with van der Waals surface area (Å²) < 4.78 is 0. The molecular weight excluding hydrogens is 442 g/mol. The molecule has 0 aromatic rings. The highest BCUT2D eigenvalue weighted by Gasteiger charge is 2.38. The lowest BCUT2D eigenvalue weighted by Gasteiger charge is -2.28. The third-order valence-electron chi connectivity index (χ3n) is 4.93. The minimum Gasteiger partial charge on any atom is -0.481 e. The van der Waals surface area contributed by atoms with E-state index in [1.165, 1.54) is 4.90 Å². The van der Waals surface area contributed by atoms with Crippen LogP contribution in [0.3, 0.4) is 0 Å². The number of carboxylic acid groups (broad SMARTS) is 2. The zero-order chi connectivity index (χ0) is 25.1. The lowest BCUT2D eigenvalue weighted by atomic mass is 10.1. The second kappa shape index (κ2) is 13.2. The van der Waals surface area contributed by atoms with Gasteiger partial charge >= 0.3 is 11.9 Å². The van der Waals surface area contributed by atoms with Gasteiger partial charge in [0, 0.05) is 13.1 Å². The van der Waals surface area contributed by atoms with E-state index in [1.54, 1.807) is 0 Å². The Morgan fingerprint density at radius 3 is 2.30 bits per heavy atom. The van der Waals surface area contributed by atoms with E-state index < -0.39 is 66.9 Å². The molecule has 15 heteroatoms. The summed E-state index contributed by atoms with van der Waals surface area (Å²) in [6.07, 6.45) is 0.428. The molecule has 1 aliphatic heterocycles. The monoisotopic (exact) mass is 473 g/mol. The zero-order valence-corrected chi connectivity index (χ0v) is 18.0. The number of hydrogen-bond donors (Lipinski definition) is 8. The molecule has 1 saturated heterocycles. The van der Waals surface area contributed by atoms with Gasteiger partial charge in [-0.1, -0.05) is 0 Å². The molecule has 0 spiro atoms. The normalized spacial score (nSPS) is 18.0. The highest BCUT2D eigenvalue weighted by atomic mass is 16.4. The maximum absolute atomic E-state index is 12.9. The number of aliphatic hydroxyl groups is 1. The van der Waals surface area contributed by atoms with Crippen LogP contribution in [0.1, 0.15) is 32.1 Å². The number of nitrogens with two attached hydrogens (primary N) is 3. The molecule has 3 amide bonds. The average Bonchev–Trinajstić information content (AvgIpc) is 3.22. The summed E-state index contributed by atoms with van der Waals surface area (Å²) in [4.78, 5) is 64.8. The van der Waals surface area contributed by atoms with Gasteiger partial charge in [0.15, 0.2) is 5.96 Å². The lowest BCUT2D eigenvalue weighted by molar-refractivity contribution is -0.144. The average molecular weight is 473 g/mol. The number of nitrogens with one attached hydrogen (secondary N) is 2. The van der Waals surface area contributed by atoms with Gasteiger partial charge in [-0.3, -0.25) is 24.2 Å². The van der Waals surface area contributed by atoms with Crippen molar-refractivity contribution in [1.82, 2.24) is 15.5 Å². The van der Waals surface area contributed by atoms with Crippen LogP contribution in [0.25, 0.3) is 0 Å².